The molecule has 0 unspecified atom stereocenters. The second-order valence-corrected chi connectivity index (χ2v) is 8.62. The SMILES string of the molecule is COc1ccc(C)cc1N([C@H](C)C(=O)Nc1ccc2c(c1)OCCO2)S(C)(=O)=O. The van der Waals surface area contributed by atoms with Gasteiger partial charge in [0, 0.05) is 11.8 Å². The first-order chi connectivity index (χ1) is 13.7. The molecular formula is C20H24N2O6S. The maximum atomic E-state index is 12.9. The van der Waals surface area contributed by atoms with Crippen LogP contribution in [0.15, 0.2) is 36.4 Å². The number of hydrogen-bond donors (Lipinski definition) is 1. The highest BCUT2D eigenvalue weighted by Gasteiger charge is 2.31. The van der Waals surface area contributed by atoms with Crippen LogP contribution in [0.2, 0.25) is 0 Å². The van der Waals surface area contributed by atoms with E-state index in [9.17, 15) is 13.2 Å². The average Bonchev–Trinajstić information content (AvgIpc) is 2.67. The Bertz CT molecular complexity index is 1020. The summed E-state index contributed by atoms with van der Waals surface area (Å²) in [5, 5.41) is 2.74. The maximum absolute atomic E-state index is 12.9. The van der Waals surface area contributed by atoms with E-state index < -0.39 is 22.0 Å². The standard InChI is InChI=1S/C20H24N2O6S/c1-13-5-7-17(26-3)16(11-13)22(29(4,24)25)14(2)20(23)21-15-6-8-18-19(12-15)28-10-9-27-18/h5-8,11-12,14H,9-10H2,1-4H3,(H,21,23)/t14-/m1/s1. The van der Waals surface area contributed by atoms with E-state index in [2.05, 4.69) is 5.32 Å². The van der Waals surface area contributed by atoms with Crippen molar-refractivity contribution in [1.29, 1.82) is 0 Å². The molecule has 2 aromatic rings. The number of nitrogens with zero attached hydrogens (tertiary/aromatic N) is 1. The molecular weight excluding hydrogens is 396 g/mol. The number of methoxy groups -OCH3 is 1. The maximum Gasteiger partial charge on any atom is 0.247 e. The molecule has 0 fully saturated rings. The van der Waals surface area contributed by atoms with Gasteiger partial charge in [-0.3, -0.25) is 9.10 Å². The number of amides is 1. The summed E-state index contributed by atoms with van der Waals surface area (Å²) in [5.74, 6) is 1.00. The van der Waals surface area contributed by atoms with Gasteiger partial charge in [0.15, 0.2) is 11.5 Å². The highest BCUT2D eigenvalue weighted by molar-refractivity contribution is 7.92. The predicted molar refractivity (Wildman–Crippen MR) is 111 cm³/mol. The van der Waals surface area contributed by atoms with Gasteiger partial charge in [0.25, 0.3) is 0 Å². The smallest absolute Gasteiger partial charge is 0.247 e. The first-order valence-electron chi connectivity index (χ1n) is 9.05. The fourth-order valence-electron chi connectivity index (χ4n) is 3.12. The summed E-state index contributed by atoms with van der Waals surface area (Å²) in [7, 11) is -2.32. The highest BCUT2D eigenvalue weighted by Crippen LogP contribution is 2.34. The van der Waals surface area contributed by atoms with Gasteiger partial charge in [-0.25, -0.2) is 8.42 Å². The van der Waals surface area contributed by atoms with Gasteiger partial charge in [-0.15, -0.1) is 0 Å². The topological polar surface area (TPSA) is 94.2 Å². The van der Waals surface area contributed by atoms with Crippen LogP contribution in [0.1, 0.15) is 12.5 Å². The third-order valence-corrected chi connectivity index (χ3v) is 5.70. The van der Waals surface area contributed by atoms with Crippen molar-refractivity contribution in [2.24, 2.45) is 0 Å². The summed E-state index contributed by atoms with van der Waals surface area (Å²) in [5.41, 5.74) is 1.63. The number of rotatable bonds is 6. The zero-order chi connectivity index (χ0) is 21.2. The van der Waals surface area contributed by atoms with Gasteiger partial charge in [0.1, 0.15) is 25.0 Å². The zero-order valence-electron chi connectivity index (χ0n) is 16.8. The van der Waals surface area contributed by atoms with Crippen molar-refractivity contribution in [3.63, 3.8) is 0 Å². The van der Waals surface area contributed by atoms with Crippen molar-refractivity contribution in [2.45, 2.75) is 19.9 Å². The third kappa shape index (κ3) is 4.56. The number of carbonyl (C=O) groups excluding carboxylic acids is 1. The largest absolute Gasteiger partial charge is 0.495 e. The van der Waals surface area contributed by atoms with Crippen LogP contribution in [0.25, 0.3) is 0 Å². The zero-order valence-corrected chi connectivity index (χ0v) is 17.6. The van der Waals surface area contributed by atoms with Gasteiger partial charge in [-0.2, -0.15) is 0 Å². The molecule has 0 radical (unpaired) electrons. The van der Waals surface area contributed by atoms with Crippen LogP contribution in [-0.4, -0.2) is 46.9 Å². The van der Waals surface area contributed by atoms with Gasteiger partial charge in [-0.1, -0.05) is 6.07 Å². The summed E-state index contributed by atoms with van der Waals surface area (Å²) in [4.78, 5) is 12.9. The van der Waals surface area contributed by atoms with Crippen molar-refractivity contribution < 1.29 is 27.4 Å². The fraction of sp³-hybridized carbons (Fsp3) is 0.350. The van der Waals surface area contributed by atoms with E-state index in [4.69, 9.17) is 14.2 Å². The first-order valence-corrected chi connectivity index (χ1v) is 10.9. The van der Waals surface area contributed by atoms with Crippen LogP contribution in [0.3, 0.4) is 0 Å². The minimum atomic E-state index is -3.77. The molecule has 1 heterocycles. The summed E-state index contributed by atoms with van der Waals surface area (Å²) in [6.07, 6.45) is 1.06. The molecule has 1 N–H and O–H groups in total. The average molecular weight is 420 g/mol. The molecule has 1 atom stereocenters. The number of ether oxygens (including phenoxy) is 3. The molecule has 2 aromatic carbocycles. The van der Waals surface area contributed by atoms with E-state index in [1.807, 2.05) is 13.0 Å². The minimum absolute atomic E-state index is 0.305. The predicted octanol–water partition coefficient (Wildman–Crippen LogP) is 2.57. The van der Waals surface area contributed by atoms with E-state index in [-0.39, 0.29) is 0 Å². The lowest BCUT2D eigenvalue weighted by Gasteiger charge is -2.29. The van der Waals surface area contributed by atoms with E-state index >= 15 is 0 Å². The molecule has 8 nitrogen and oxygen atoms in total. The van der Waals surface area contributed by atoms with Crippen LogP contribution in [0.4, 0.5) is 11.4 Å². The fourth-order valence-corrected chi connectivity index (χ4v) is 4.29. The molecule has 0 bridgehead atoms. The van der Waals surface area contributed by atoms with Crippen LogP contribution in [0.5, 0.6) is 17.2 Å². The first kappa shape index (κ1) is 20.8. The Morgan fingerprint density at radius 3 is 2.48 bits per heavy atom. The second kappa shape index (κ2) is 8.20. The van der Waals surface area contributed by atoms with Crippen LogP contribution in [-0.2, 0) is 14.8 Å². The lowest BCUT2D eigenvalue weighted by molar-refractivity contribution is -0.116. The molecule has 29 heavy (non-hydrogen) atoms. The lowest BCUT2D eigenvalue weighted by atomic mass is 10.2. The Kier molecular flexibility index (Phi) is 5.88. The van der Waals surface area contributed by atoms with E-state index in [1.165, 1.54) is 14.0 Å². The summed E-state index contributed by atoms with van der Waals surface area (Å²) < 4.78 is 42.5. The van der Waals surface area contributed by atoms with Crippen molar-refractivity contribution in [3.8, 4) is 17.2 Å². The van der Waals surface area contributed by atoms with Gasteiger partial charge < -0.3 is 19.5 Å². The molecule has 0 spiro atoms. The summed E-state index contributed by atoms with van der Waals surface area (Å²) in [6.45, 7) is 4.26. The number of hydrogen-bond acceptors (Lipinski definition) is 6. The highest BCUT2D eigenvalue weighted by atomic mass is 32.2. The molecule has 0 saturated carbocycles. The van der Waals surface area contributed by atoms with Crippen molar-refractivity contribution in [2.75, 3.05) is 36.2 Å². The summed E-state index contributed by atoms with van der Waals surface area (Å²) >= 11 is 0. The molecule has 9 heteroatoms. The number of aryl methyl sites for hydroxylation is 1. The van der Waals surface area contributed by atoms with Gasteiger partial charge in [0.05, 0.1) is 19.1 Å². The number of nitrogens with one attached hydrogen (secondary N) is 1. The second-order valence-electron chi connectivity index (χ2n) is 6.76. The molecule has 1 aliphatic heterocycles. The number of benzene rings is 2. The Morgan fingerprint density at radius 1 is 1.14 bits per heavy atom. The van der Waals surface area contributed by atoms with E-state index in [1.54, 1.807) is 30.3 Å². The van der Waals surface area contributed by atoms with Crippen molar-refractivity contribution in [1.82, 2.24) is 0 Å². The molecule has 0 saturated heterocycles. The number of sulfonamides is 1. The molecule has 0 aromatic heterocycles. The molecule has 3 rings (SSSR count). The third-order valence-electron chi connectivity index (χ3n) is 4.47. The Morgan fingerprint density at radius 2 is 1.83 bits per heavy atom. The van der Waals surface area contributed by atoms with E-state index in [0.717, 1.165) is 16.1 Å². The van der Waals surface area contributed by atoms with Crippen molar-refractivity contribution >= 4 is 27.3 Å². The Labute approximate surface area is 170 Å². The molecule has 1 amide bonds. The number of fused-ring (bicyclic) bond motifs is 1. The van der Waals surface area contributed by atoms with Crippen LogP contribution >= 0.6 is 0 Å². The van der Waals surface area contributed by atoms with Crippen LogP contribution in [0, 0.1) is 6.92 Å². The normalized spacial score (nSPS) is 14.1. The van der Waals surface area contributed by atoms with Gasteiger partial charge in [0.2, 0.25) is 15.9 Å². The summed E-state index contributed by atoms with van der Waals surface area (Å²) in [6, 6.07) is 9.17. The molecule has 0 aliphatic carbocycles. The monoisotopic (exact) mass is 420 g/mol. The number of carbonyl (C=O) groups is 1. The lowest BCUT2D eigenvalue weighted by Crippen LogP contribution is -2.45. The van der Waals surface area contributed by atoms with Crippen LogP contribution < -0.4 is 23.8 Å². The molecule has 1 aliphatic rings. The Hall–Kier alpha value is -2.94. The number of anilines is 2. The minimum Gasteiger partial charge on any atom is -0.495 e. The van der Waals surface area contributed by atoms with Gasteiger partial charge in [-0.05, 0) is 43.7 Å². The quantitative estimate of drug-likeness (QED) is 0.772. The molecule has 156 valence electrons. The van der Waals surface area contributed by atoms with Gasteiger partial charge >= 0.3 is 0 Å². The van der Waals surface area contributed by atoms with Crippen molar-refractivity contribution in [3.05, 3.63) is 42.0 Å². The Balaban J connectivity index is 1.90. The van der Waals surface area contributed by atoms with E-state index in [0.29, 0.717) is 41.8 Å².